The fourth-order valence-corrected chi connectivity index (χ4v) is 1.94. The fourth-order valence-electron chi connectivity index (χ4n) is 1.74. The highest BCUT2D eigenvalue weighted by Crippen LogP contribution is 2.18. The highest BCUT2D eigenvalue weighted by molar-refractivity contribution is 6.30. The summed E-state index contributed by atoms with van der Waals surface area (Å²) < 4.78 is 0. The van der Waals surface area contributed by atoms with Crippen molar-refractivity contribution >= 4 is 30.0 Å². The van der Waals surface area contributed by atoms with Crippen LogP contribution in [-0.2, 0) is 4.79 Å². The Kier molecular flexibility index (Phi) is 8.00. The van der Waals surface area contributed by atoms with Gasteiger partial charge >= 0.3 is 5.97 Å². The van der Waals surface area contributed by atoms with Crippen molar-refractivity contribution in [2.24, 2.45) is 0 Å². The maximum absolute atomic E-state index is 11.0. The number of rotatable bonds is 6. The maximum atomic E-state index is 11.0. The molecule has 0 spiro atoms. The highest BCUT2D eigenvalue weighted by Gasteiger charge is 2.19. The van der Waals surface area contributed by atoms with Crippen LogP contribution in [0.15, 0.2) is 24.3 Å². The van der Waals surface area contributed by atoms with Crippen molar-refractivity contribution in [1.29, 1.82) is 0 Å². The van der Waals surface area contributed by atoms with Crippen LogP contribution in [0.2, 0.25) is 5.02 Å². The lowest BCUT2D eigenvalue weighted by Gasteiger charge is -2.20. The zero-order valence-corrected chi connectivity index (χ0v) is 12.1. The average molecular weight is 292 g/mol. The van der Waals surface area contributed by atoms with Gasteiger partial charge in [-0.25, -0.2) is 0 Å². The lowest BCUT2D eigenvalue weighted by molar-refractivity contribution is -0.139. The summed E-state index contributed by atoms with van der Waals surface area (Å²) in [5, 5.41) is 12.8. The van der Waals surface area contributed by atoms with E-state index in [-0.39, 0.29) is 18.4 Å². The van der Waals surface area contributed by atoms with Crippen LogP contribution in [0.25, 0.3) is 0 Å². The number of aliphatic carboxylic acids is 1. The molecule has 1 aromatic carbocycles. The van der Waals surface area contributed by atoms with Crippen LogP contribution in [0.5, 0.6) is 0 Å². The molecule has 18 heavy (non-hydrogen) atoms. The third-order valence-corrected chi connectivity index (χ3v) is 2.91. The monoisotopic (exact) mass is 291 g/mol. The first kappa shape index (κ1) is 17.2. The second-order valence-corrected chi connectivity index (χ2v) is 4.56. The Morgan fingerprint density at radius 1 is 1.50 bits per heavy atom. The van der Waals surface area contributed by atoms with Crippen LogP contribution in [-0.4, -0.2) is 17.1 Å². The lowest BCUT2D eigenvalue weighted by atomic mass is 10.1. The Labute approximate surface area is 119 Å². The maximum Gasteiger partial charge on any atom is 0.320 e. The lowest BCUT2D eigenvalue weighted by Crippen LogP contribution is -2.38. The third kappa shape index (κ3) is 5.25. The predicted octanol–water partition coefficient (Wildman–Crippen LogP) is 3.67. The first-order valence-corrected chi connectivity index (χ1v) is 6.16. The van der Waals surface area contributed by atoms with E-state index in [0.29, 0.717) is 11.4 Å². The SMILES string of the molecule is CCCC(NC(C)c1cccc(Cl)c1)C(=O)O.Cl. The van der Waals surface area contributed by atoms with Gasteiger partial charge in [0.05, 0.1) is 0 Å². The normalized spacial score (nSPS) is 13.5. The van der Waals surface area contributed by atoms with Crippen molar-refractivity contribution in [2.45, 2.75) is 38.8 Å². The molecule has 0 aliphatic rings. The molecule has 2 atom stereocenters. The predicted molar refractivity (Wildman–Crippen MR) is 76.6 cm³/mol. The number of hydrogen-bond donors (Lipinski definition) is 2. The second-order valence-electron chi connectivity index (χ2n) is 4.12. The van der Waals surface area contributed by atoms with E-state index >= 15 is 0 Å². The van der Waals surface area contributed by atoms with Crippen molar-refractivity contribution in [2.75, 3.05) is 0 Å². The minimum absolute atomic E-state index is 0. The summed E-state index contributed by atoms with van der Waals surface area (Å²) in [6.45, 7) is 3.92. The Hall–Kier alpha value is -0.770. The molecule has 2 N–H and O–H groups in total. The van der Waals surface area contributed by atoms with E-state index in [1.54, 1.807) is 6.07 Å². The van der Waals surface area contributed by atoms with Crippen LogP contribution in [0, 0.1) is 0 Å². The standard InChI is InChI=1S/C13H18ClNO2.ClH/c1-3-5-12(13(16)17)15-9(2)10-6-4-7-11(14)8-10;/h4,6-9,12,15H,3,5H2,1-2H3,(H,16,17);1H. The van der Waals surface area contributed by atoms with E-state index in [1.807, 2.05) is 32.0 Å². The molecule has 0 amide bonds. The summed E-state index contributed by atoms with van der Waals surface area (Å²) in [7, 11) is 0. The molecule has 0 heterocycles. The quantitative estimate of drug-likeness (QED) is 0.841. The number of halogens is 2. The van der Waals surface area contributed by atoms with E-state index in [4.69, 9.17) is 16.7 Å². The largest absolute Gasteiger partial charge is 0.480 e. The number of nitrogens with one attached hydrogen (secondary N) is 1. The van der Waals surface area contributed by atoms with Gasteiger partial charge in [0.2, 0.25) is 0 Å². The minimum Gasteiger partial charge on any atom is -0.480 e. The molecule has 102 valence electrons. The molecule has 3 nitrogen and oxygen atoms in total. The molecular formula is C13H19Cl2NO2. The number of carbonyl (C=O) groups is 1. The van der Waals surface area contributed by atoms with E-state index in [0.717, 1.165) is 12.0 Å². The zero-order chi connectivity index (χ0) is 12.8. The van der Waals surface area contributed by atoms with Crippen LogP contribution in [0.3, 0.4) is 0 Å². The molecule has 0 saturated heterocycles. The van der Waals surface area contributed by atoms with Crippen LogP contribution in [0.4, 0.5) is 0 Å². The van der Waals surface area contributed by atoms with Gasteiger partial charge < -0.3 is 5.11 Å². The summed E-state index contributed by atoms with van der Waals surface area (Å²) >= 11 is 5.91. The van der Waals surface area contributed by atoms with Gasteiger partial charge in [0, 0.05) is 11.1 Å². The minimum atomic E-state index is -0.805. The molecule has 0 radical (unpaired) electrons. The Balaban J connectivity index is 0.00000289. The van der Waals surface area contributed by atoms with Crippen molar-refractivity contribution in [3.05, 3.63) is 34.9 Å². The number of benzene rings is 1. The number of carboxylic acids is 1. The molecule has 5 heteroatoms. The zero-order valence-electron chi connectivity index (χ0n) is 10.5. The van der Waals surface area contributed by atoms with Gasteiger partial charge in [0.15, 0.2) is 0 Å². The van der Waals surface area contributed by atoms with Gasteiger partial charge in [-0.15, -0.1) is 12.4 Å². The van der Waals surface area contributed by atoms with Gasteiger partial charge in [0.25, 0.3) is 0 Å². The molecule has 0 aromatic heterocycles. The second kappa shape index (κ2) is 8.35. The Morgan fingerprint density at radius 3 is 2.67 bits per heavy atom. The van der Waals surface area contributed by atoms with Crippen LogP contribution < -0.4 is 5.32 Å². The van der Waals surface area contributed by atoms with E-state index in [2.05, 4.69) is 5.32 Å². The first-order valence-electron chi connectivity index (χ1n) is 5.79. The van der Waals surface area contributed by atoms with Crippen molar-refractivity contribution in [3.8, 4) is 0 Å². The van der Waals surface area contributed by atoms with E-state index in [1.165, 1.54) is 0 Å². The van der Waals surface area contributed by atoms with Gasteiger partial charge in [-0.2, -0.15) is 0 Å². The summed E-state index contributed by atoms with van der Waals surface area (Å²) in [5.74, 6) is -0.805. The Bertz CT molecular complexity index is 385. The molecule has 1 rings (SSSR count). The van der Waals surface area contributed by atoms with Gasteiger partial charge in [0.1, 0.15) is 6.04 Å². The summed E-state index contributed by atoms with van der Waals surface area (Å²) in [6.07, 6.45) is 1.46. The van der Waals surface area contributed by atoms with Crippen molar-refractivity contribution < 1.29 is 9.90 Å². The summed E-state index contributed by atoms with van der Waals surface area (Å²) in [5.41, 5.74) is 1.000. The van der Waals surface area contributed by atoms with Crippen LogP contribution >= 0.6 is 24.0 Å². The first-order chi connectivity index (χ1) is 8.04. The van der Waals surface area contributed by atoms with E-state index < -0.39 is 12.0 Å². The van der Waals surface area contributed by atoms with Crippen molar-refractivity contribution in [3.63, 3.8) is 0 Å². The summed E-state index contributed by atoms with van der Waals surface area (Å²) in [4.78, 5) is 11.0. The fraction of sp³-hybridized carbons (Fsp3) is 0.462. The Morgan fingerprint density at radius 2 is 2.17 bits per heavy atom. The molecule has 2 unspecified atom stereocenters. The van der Waals surface area contributed by atoms with E-state index in [9.17, 15) is 4.79 Å². The topological polar surface area (TPSA) is 49.3 Å². The van der Waals surface area contributed by atoms with Crippen molar-refractivity contribution in [1.82, 2.24) is 5.32 Å². The van der Waals surface area contributed by atoms with Crippen LogP contribution in [0.1, 0.15) is 38.3 Å². The smallest absolute Gasteiger partial charge is 0.320 e. The highest BCUT2D eigenvalue weighted by atomic mass is 35.5. The van der Waals surface area contributed by atoms with Gasteiger partial charge in [-0.05, 0) is 31.0 Å². The molecule has 1 aromatic rings. The molecule has 0 fully saturated rings. The van der Waals surface area contributed by atoms with Gasteiger partial charge in [-0.1, -0.05) is 37.1 Å². The molecule has 0 saturated carbocycles. The number of carboxylic acid groups (broad SMARTS) is 1. The molecule has 0 aliphatic carbocycles. The molecule has 0 bridgehead atoms. The van der Waals surface area contributed by atoms with Gasteiger partial charge in [-0.3, -0.25) is 10.1 Å². The molecule has 0 aliphatic heterocycles. The third-order valence-electron chi connectivity index (χ3n) is 2.68. The average Bonchev–Trinajstić information content (AvgIpc) is 2.28. The summed E-state index contributed by atoms with van der Waals surface area (Å²) in [6, 6.07) is 6.93. The number of hydrogen-bond acceptors (Lipinski definition) is 2. The molecular weight excluding hydrogens is 273 g/mol.